The molecule has 0 radical (unpaired) electrons. The van der Waals surface area contributed by atoms with Gasteiger partial charge in [-0.05, 0) is 138 Å². The van der Waals surface area contributed by atoms with Crippen LogP contribution < -0.4 is 32.8 Å². The van der Waals surface area contributed by atoms with Crippen molar-refractivity contribution in [3.63, 3.8) is 0 Å². The smallest absolute Gasteiger partial charge is 0.344 e. The maximum Gasteiger partial charge on any atom is 0.344 e. The number of hydrogen-bond donors (Lipinski definition) is 3. The molecular formula is C57H53N3O6. The zero-order chi connectivity index (χ0) is 46.4. The Balaban J connectivity index is 0.000000116. The lowest BCUT2D eigenvalue weighted by Crippen LogP contribution is -2.36. The van der Waals surface area contributed by atoms with Crippen LogP contribution in [0.1, 0.15) is 91.3 Å². The first-order valence-corrected chi connectivity index (χ1v) is 22.6. The van der Waals surface area contributed by atoms with Crippen LogP contribution in [-0.4, -0.2) is 16.6 Å². The topological polar surface area (TPSA) is 127 Å². The van der Waals surface area contributed by atoms with E-state index < -0.39 is 0 Å². The predicted octanol–water partition coefficient (Wildman–Crippen LogP) is 13.8. The van der Waals surface area contributed by atoms with E-state index in [0.29, 0.717) is 38.8 Å². The van der Waals surface area contributed by atoms with Gasteiger partial charge in [0, 0.05) is 61.3 Å². The first-order valence-electron chi connectivity index (χ1n) is 22.6. The quantitative estimate of drug-likeness (QED) is 0.101. The normalized spacial score (nSPS) is 17.4. The third kappa shape index (κ3) is 7.42. The largest absolute Gasteiger partial charge is 0.422 e. The van der Waals surface area contributed by atoms with E-state index in [1.165, 1.54) is 5.56 Å². The minimum absolute atomic E-state index is 0.0528. The molecular weight excluding hydrogens is 823 g/mol. The Hall–Kier alpha value is -7.39. The van der Waals surface area contributed by atoms with E-state index in [0.717, 1.165) is 78.1 Å². The Kier molecular flexibility index (Phi) is 9.91. The molecule has 1 unspecified atom stereocenters. The number of nitrogens with one attached hydrogen (secondary N) is 3. The summed E-state index contributed by atoms with van der Waals surface area (Å²) in [4.78, 5) is 37.0. The molecule has 332 valence electrons. The maximum absolute atomic E-state index is 12.5. The van der Waals surface area contributed by atoms with Gasteiger partial charge >= 0.3 is 16.9 Å². The molecule has 0 fully saturated rings. The summed E-state index contributed by atoms with van der Waals surface area (Å²) in [7, 11) is 0. The first-order chi connectivity index (χ1) is 31.4. The number of allylic oxidation sites excluding steroid dienone is 2. The van der Waals surface area contributed by atoms with Crippen LogP contribution in [0.15, 0.2) is 149 Å². The van der Waals surface area contributed by atoms with Crippen LogP contribution in [0.4, 0.5) is 17.1 Å². The molecule has 0 spiro atoms. The summed E-state index contributed by atoms with van der Waals surface area (Å²) in [6, 6.07) is 35.2. The standard InChI is InChI=1S/C19H19NO2.2C19H17NO2/c1-11-10-19(2,3)20-16-9-17-15(8-14(11)16)12-6-4-5-7-13(12)18(21)22-17;1-11-10-19(2,3)20-14-9-8-13-12-6-4-5-7-15(12)22-18(21)17(13)16(11)14;1-11-10-19(2,3)20-15-9-8-13-12-6-4-5-7-14(12)18(21)22-17(13)16(11)15/h4-9,11,20H,10H2,1-3H3;2*4-10,20H,1-3H3. The third-order valence-corrected chi connectivity index (χ3v) is 13.0. The van der Waals surface area contributed by atoms with Crippen LogP contribution in [0.5, 0.6) is 0 Å². The summed E-state index contributed by atoms with van der Waals surface area (Å²) in [5.41, 5.74) is 9.48. The second-order valence-electron chi connectivity index (χ2n) is 19.9. The third-order valence-electron chi connectivity index (χ3n) is 13.0. The second kappa shape index (κ2) is 15.4. The highest BCUT2D eigenvalue weighted by Crippen LogP contribution is 2.43. The van der Waals surface area contributed by atoms with E-state index in [1.807, 2.05) is 91.0 Å². The molecule has 3 N–H and O–H groups in total. The number of para-hydroxylation sites is 1. The lowest BCUT2D eigenvalue weighted by atomic mass is 9.81. The molecule has 0 aliphatic carbocycles. The van der Waals surface area contributed by atoms with E-state index in [-0.39, 0.29) is 33.5 Å². The monoisotopic (exact) mass is 875 g/mol. The lowest BCUT2D eigenvalue weighted by molar-refractivity contribution is 0.454. The molecule has 9 nitrogen and oxygen atoms in total. The van der Waals surface area contributed by atoms with Crippen molar-refractivity contribution >= 4 is 93.4 Å². The van der Waals surface area contributed by atoms with E-state index in [9.17, 15) is 14.4 Å². The van der Waals surface area contributed by atoms with Gasteiger partial charge in [0.05, 0.1) is 27.2 Å². The molecule has 0 amide bonds. The molecule has 1 atom stereocenters. The molecule has 6 heterocycles. The van der Waals surface area contributed by atoms with Crippen molar-refractivity contribution in [2.75, 3.05) is 16.0 Å². The molecule has 66 heavy (non-hydrogen) atoms. The summed E-state index contributed by atoms with van der Waals surface area (Å²) in [5.74, 6) is 0.473. The minimum Gasteiger partial charge on any atom is -0.422 e. The number of benzene rings is 6. The SMILES string of the molecule is CC1=CC(C)(C)Nc2ccc3c(c21)c(=O)oc1ccccc13.CC1=CC(C)(C)Nc2ccc3c(oc(=O)c4ccccc43)c21.CC1CC(C)(C)Nc2cc3oc(=O)c4ccccc4c3cc21. The van der Waals surface area contributed by atoms with Gasteiger partial charge in [0.15, 0.2) is 0 Å². The average Bonchev–Trinajstić information content (AvgIpc) is 3.25. The van der Waals surface area contributed by atoms with Crippen molar-refractivity contribution in [2.24, 2.45) is 0 Å². The van der Waals surface area contributed by atoms with Gasteiger partial charge in [0.25, 0.3) is 0 Å². The Bertz CT molecular complexity index is 3750. The molecule has 9 heteroatoms. The minimum atomic E-state index is -0.283. The Labute approximate surface area is 381 Å². The van der Waals surface area contributed by atoms with Gasteiger partial charge in [0.2, 0.25) is 0 Å². The summed E-state index contributed by atoms with van der Waals surface area (Å²) in [6.45, 7) is 19.3. The Morgan fingerprint density at radius 2 is 1.00 bits per heavy atom. The zero-order valence-electron chi connectivity index (χ0n) is 38.8. The Morgan fingerprint density at radius 3 is 1.65 bits per heavy atom. The van der Waals surface area contributed by atoms with Crippen molar-refractivity contribution in [3.8, 4) is 0 Å². The van der Waals surface area contributed by atoms with Crippen LogP contribution >= 0.6 is 0 Å². The maximum atomic E-state index is 12.5. The molecule has 3 aliphatic rings. The molecule has 0 bridgehead atoms. The van der Waals surface area contributed by atoms with Gasteiger partial charge in [-0.2, -0.15) is 0 Å². The molecule has 12 rings (SSSR count). The lowest BCUT2D eigenvalue weighted by Gasteiger charge is -2.37. The molecule has 6 aromatic carbocycles. The van der Waals surface area contributed by atoms with Crippen molar-refractivity contribution < 1.29 is 13.3 Å². The molecule has 3 aliphatic heterocycles. The van der Waals surface area contributed by atoms with Gasteiger partial charge in [-0.3, -0.25) is 0 Å². The van der Waals surface area contributed by atoms with Crippen molar-refractivity contribution in [2.45, 2.75) is 91.3 Å². The fraction of sp³-hybridized carbons (Fsp3) is 0.246. The molecule has 3 aromatic heterocycles. The predicted molar refractivity (Wildman–Crippen MR) is 273 cm³/mol. The summed E-state index contributed by atoms with van der Waals surface area (Å²) in [5, 5.41) is 18.3. The van der Waals surface area contributed by atoms with E-state index in [4.69, 9.17) is 13.3 Å². The van der Waals surface area contributed by atoms with Crippen LogP contribution in [0, 0.1) is 0 Å². The average molecular weight is 876 g/mol. The fourth-order valence-corrected chi connectivity index (χ4v) is 10.7. The van der Waals surface area contributed by atoms with Crippen molar-refractivity contribution in [3.05, 3.63) is 169 Å². The number of rotatable bonds is 0. The van der Waals surface area contributed by atoms with Crippen LogP contribution in [0.25, 0.3) is 76.4 Å². The van der Waals surface area contributed by atoms with Gasteiger partial charge in [-0.25, -0.2) is 14.4 Å². The van der Waals surface area contributed by atoms with Gasteiger partial charge in [0.1, 0.15) is 16.7 Å². The van der Waals surface area contributed by atoms with Gasteiger partial charge in [-0.1, -0.05) is 79.7 Å². The second-order valence-corrected chi connectivity index (χ2v) is 19.9. The van der Waals surface area contributed by atoms with Crippen molar-refractivity contribution in [1.82, 2.24) is 0 Å². The number of hydrogen-bond acceptors (Lipinski definition) is 9. The van der Waals surface area contributed by atoms with Crippen LogP contribution in [0.3, 0.4) is 0 Å². The van der Waals surface area contributed by atoms with Crippen LogP contribution in [-0.2, 0) is 0 Å². The van der Waals surface area contributed by atoms with Crippen molar-refractivity contribution in [1.29, 1.82) is 0 Å². The van der Waals surface area contributed by atoms with Crippen LogP contribution in [0.2, 0.25) is 0 Å². The molecule has 0 saturated carbocycles. The highest BCUT2D eigenvalue weighted by atomic mass is 16.4. The fourth-order valence-electron chi connectivity index (χ4n) is 10.7. The highest BCUT2D eigenvalue weighted by molar-refractivity contribution is 6.11. The highest BCUT2D eigenvalue weighted by Gasteiger charge is 2.31. The van der Waals surface area contributed by atoms with Gasteiger partial charge in [-0.15, -0.1) is 0 Å². The molecule has 9 aromatic rings. The van der Waals surface area contributed by atoms with E-state index in [2.05, 4.69) is 109 Å². The summed E-state index contributed by atoms with van der Waals surface area (Å²) < 4.78 is 16.8. The first kappa shape index (κ1) is 42.6. The number of fused-ring (bicyclic) bond motifs is 14. The number of anilines is 3. The molecule has 0 saturated heterocycles. The van der Waals surface area contributed by atoms with Gasteiger partial charge < -0.3 is 29.2 Å². The van der Waals surface area contributed by atoms with E-state index in [1.54, 1.807) is 0 Å². The van der Waals surface area contributed by atoms with E-state index >= 15 is 0 Å². The summed E-state index contributed by atoms with van der Waals surface area (Å²) in [6.07, 6.45) is 5.41. The zero-order valence-corrected chi connectivity index (χ0v) is 38.8. The summed E-state index contributed by atoms with van der Waals surface area (Å²) >= 11 is 0. The Morgan fingerprint density at radius 1 is 0.485 bits per heavy atom.